The molecule has 4 aromatic rings. The predicted octanol–water partition coefficient (Wildman–Crippen LogP) is 3.83. The molecule has 0 bridgehead atoms. The highest BCUT2D eigenvalue weighted by molar-refractivity contribution is 5.65. The summed E-state index contributed by atoms with van der Waals surface area (Å²) < 4.78 is 13.5. The van der Waals surface area contributed by atoms with Gasteiger partial charge < -0.3 is 15.2 Å². The number of nitrogen functional groups attached to an aromatic ring is 1. The lowest BCUT2D eigenvalue weighted by Crippen LogP contribution is -1.98. The Morgan fingerprint density at radius 1 is 1.00 bits per heavy atom. The zero-order valence-electron chi connectivity index (χ0n) is 15.3. The average Bonchev–Trinajstić information content (AvgIpc) is 3.10. The van der Waals surface area contributed by atoms with Gasteiger partial charge in [-0.2, -0.15) is 0 Å². The zero-order valence-corrected chi connectivity index (χ0v) is 15.3. The van der Waals surface area contributed by atoms with Crippen LogP contribution >= 0.6 is 0 Å². The minimum absolute atomic E-state index is 0.328. The molecule has 0 saturated carbocycles. The van der Waals surface area contributed by atoms with Gasteiger partial charge in [0.2, 0.25) is 5.88 Å². The molecule has 4 rings (SSSR count). The minimum atomic E-state index is 0.328. The molecule has 3 heterocycles. The van der Waals surface area contributed by atoms with E-state index in [4.69, 9.17) is 15.2 Å². The molecule has 0 amide bonds. The van der Waals surface area contributed by atoms with E-state index in [1.165, 1.54) is 0 Å². The summed E-state index contributed by atoms with van der Waals surface area (Å²) in [6.07, 6.45) is 5.15. The number of nitrogens with two attached hydrogens (primary N) is 1. The molecule has 3 aromatic heterocycles. The van der Waals surface area contributed by atoms with Crippen LogP contribution in [0, 0.1) is 0 Å². The minimum Gasteiger partial charge on any atom is -0.471 e. The maximum absolute atomic E-state index is 5.93. The van der Waals surface area contributed by atoms with Gasteiger partial charge in [-0.25, -0.2) is 4.98 Å². The summed E-state index contributed by atoms with van der Waals surface area (Å²) in [5.41, 5.74) is 8.39. The highest BCUT2D eigenvalue weighted by atomic mass is 16.5. The molecule has 7 nitrogen and oxygen atoms in total. The standard InChI is InChI=1S/C21H19N5O2/c1-26-13-17(21(25-26)27-14-15-6-3-2-4-7-15)18-12-16(9-11-23-18)28-19-8-5-10-24-20(19)22/h2-13H,14H2,1H3,(H2,22,24). The van der Waals surface area contributed by atoms with Crippen LogP contribution in [0.4, 0.5) is 5.82 Å². The van der Waals surface area contributed by atoms with Crippen molar-refractivity contribution in [2.75, 3.05) is 5.73 Å². The van der Waals surface area contributed by atoms with Gasteiger partial charge in [-0.15, -0.1) is 5.10 Å². The van der Waals surface area contributed by atoms with E-state index in [0.717, 1.165) is 11.1 Å². The molecule has 2 N–H and O–H groups in total. The first-order valence-electron chi connectivity index (χ1n) is 8.74. The summed E-state index contributed by atoms with van der Waals surface area (Å²) in [5, 5.41) is 4.41. The number of hydrogen-bond donors (Lipinski definition) is 1. The van der Waals surface area contributed by atoms with Gasteiger partial charge in [0.15, 0.2) is 11.6 Å². The van der Waals surface area contributed by atoms with E-state index < -0.39 is 0 Å². The Morgan fingerprint density at radius 3 is 2.68 bits per heavy atom. The molecule has 0 aliphatic rings. The lowest BCUT2D eigenvalue weighted by molar-refractivity contribution is 0.292. The number of aryl methyl sites for hydroxylation is 1. The number of ether oxygens (including phenoxy) is 2. The molecule has 1 aromatic carbocycles. The second-order valence-corrected chi connectivity index (χ2v) is 6.16. The van der Waals surface area contributed by atoms with Gasteiger partial charge >= 0.3 is 0 Å². The Kier molecular flexibility index (Phi) is 4.88. The molecule has 28 heavy (non-hydrogen) atoms. The number of benzene rings is 1. The lowest BCUT2D eigenvalue weighted by atomic mass is 10.2. The SMILES string of the molecule is Cn1cc(-c2cc(Oc3cccnc3N)ccn2)c(OCc2ccccc2)n1. The van der Waals surface area contributed by atoms with Crippen LogP contribution in [0.15, 0.2) is 73.2 Å². The molecular weight excluding hydrogens is 354 g/mol. The molecule has 0 aliphatic heterocycles. The van der Waals surface area contributed by atoms with Crippen LogP contribution in [0.1, 0.15) is 5.56 Å². The maximum Gasteiger partial charge on any atom is 0.242 e. The quantitative estimate of drug-likeness (QED) is 0.553. The Balaban J connectivity index is 1.58. The maximum atomic E-state index is 5.93. The van der Waals surface area contributed by atoms with E-state index >= 15 is 0 Å². The first-order chi connectivity index (χ1) is 13.7. The molecule has 7 heteroatoms. The predicted molar refractivity (Wildman–Crippen MR) is 106 cm³/mol. The second kappa shape index (κ2) is 7.79. The Bertz CT molecular complexity index is 1080. The molecule has 0 fully saturated rings. The Labute approximate surface area is 162 Å². The van der Waals surface area contributed by atoms with Crippen LogP contribution in [0.3, 0.4) is 0 Å². The van der Waals surface area contributed by atoms with Crippen molar-refractivity contribution in [2.45, 2.75) is 6.61 Å². The van der Waals surface area contributed by atoms with Crippen molar-refractivity contribution in [2.24, 2.45) is 7.05 Å². The summed E-state index contributed by atoms with van der Waals surface area (Å²) >= 11 is 0. The van der Waals surface area contributed by atoms with E-state index in [2.05, 4.69) is 15.1 Å². The van der Waals surface area contributed by atoms with Gasteiger partial charge in [-0.1, -0.05) is 30.3 Å². The van der Waals surface area contributed by atoms with Crippen LogP contribution in [-0.4, -0.2) is 19.7 Å². The normalized spacial score (nSPS) is 10.6. The summed E-state index contributed by atoms with van der Waals surface area (Å²) in [4.78, 5) is 8.47. The highest BCUT2D eigenvalue weighted by Gasteiger charge is 2.14. The van der Waals surface area contributed by atoms with E-state index in [9.17, 15) is 0 Å². The molecule has 0 spiro atoms. The Morgan fingerprint density at radius 2 is 1.86 bits per heavy atom. The summed E-state index contributed by atoms with van der Waals surface area (Å²) in [6.45, 7) is 0.424. The molecule has 0 unspecified atom stereocenters. The second-order valence-electron chi connectivity index (χ2n) is 6.16. The number of aromatic nitrogens is 4. The summed E-state index contributed by atoms with van der Waals surface area (Å²) in [7, 11) is 1.84. The van der Waals surface area contributed by atoms with Crippen LogP contribution in [-0.2, 0) is 13.7 Å². The number of anilines is 1. The highest BCUT2D eigenvalue weighted by Crippen LogP contribution is 2.32. The van der Waals surface area contributed by atoms with Gasteiger partial charge in [-0.05, 0) is 23.8 Å². The fraction of sp³-hybridized carbons (Fsp3) is 0.0952. The van der Waals surface area contributed by atoms with Crippen LogP contribution in [0.25, 0.3) is 11.3 Å². The number of rotatable bonds is 6. The lowest BCUT2D eigenvalue weighted by Gasteiger charge is -2.09. The van der Waals surface area contributed by atoms with E-state index in [0.29, 0.717) is 35.5 Å². The monoisotopic (exact) mass is 373 g/mol. The molecule has 0 saturated heterocycles. The van der Waals surface area contributed by atoms with Crippen LogP contribution < -0.4 is 15.2 Å². The molecule has 0 radical (unpaired) electrons. The van der Waals surface area contributed by atoms with E-state index in [1.54, 1.807) is 35.3 Å². The van der Waals surface area contributed by atoms with Crippen molar-refractivity contribution in [3.05, 3.63) is 78.8 Å². The van der Waals surface area contributed by atoms with Crippen LogP contribution in [0.5, 0.6) is 17.4 Å². The summed E-state index contributed by atoms with van der Waals surface area (Å²) in [6, 6.07) is 17.1. The van der Waals surface area contributed by atoms with E-state index in [-0.39, 0.29) is 0 Å². The smallest absolute Gasteiger partial charge is 0.242 e. The number of nitrogens with zero attached hydrogens (tertiary/aromatic N) is 4. The molecule has 0 aliphatic carbocycles. The van der Waals surface area contributed by atoms with Crippen molar-refractivity contribution >= 4 is 5.82 Å². The van der Waals surface area contributed by atoms with Crippen LogP contribution in [0.2, 0.25) is 0 Å². The van der Waals surface area contributed by atoms with Crippen molar-refractivity contribution in [1.82, 2.24) is 19.7 Å². The Hall–Kier alpha value is -3.87. The average molecular weight is 373 g/mol. The topological polar surface area (TPSA) is 88.1 Å². The van der Waals surface area contributed by atoms with Crippen molar-refractivity contribution in [1.29, 1.82) is 0 Å². The summed E-state index contributed by atoms with van der Waals surface area (Å²) in [5.74, 6) is 1.93. The zero-order chi connectivity index (χ0) is 19.3. The van der Waals surface area contributed by atoms with Gasteiger partial charge in [0, 0.05) is 31.7 Å². The largest absolute Gasteiger partial charge is 0.471 e. The first kappa shape index (κ1) is 17.5. The first-order valence-corrected chi connectivity index (χ1v) is 8.74. The molecule has 0 atom stereocenters. The van der Waals surface area contributed by atoms with Gasteiger partial charge in [0.25, 0.3) is 0 Å². The van der Waals surface area contributed by atoms with Crippen molar-refractivity contribution in [3.8, 4) is 28.6 Å². The van der Waals surface area contributed by atoms with E-state index in [1.807, 2.05) is 49.6 Å². The third kappa shape index (κ3) is 3.93. The van der Waals surface area contributed by atoms with Gasteiger partial charge in [0.05, 0.1) is 11.3 Å². The fourth-order valence-electron chi connectivity index (χ4n) is 2.71. The van der Waals surface area contributed by atoms with Crippen molar-refractivity contribution in [3.63, 3.8) is 0 Å². The number of pyridine rings is 2. The fourth-order valence-corrected chi connectivity index (χ4v) is 2.71. The third-order valence-electron chi connectivity index (χ3n) is 4.05. The van der Waals surface area contributed by atoms with Crippen molar-refractivity contribution < 1.29 is 9.47 Å². The third-order valence-corrected chi connectivity index (χ3v) is 4.05. The molecular formula is C21H19N5O2. The molecule has 140 valence electrons. The van der Waals surface area contributed by atoms with Gasteiger partial charge in [-0.3, -0.25) is 9.67 Å². The number of hydrogen-bond acceptors (Lipinski definition) is 6. The van der Waals surface area contributed by atoms with Gasteiger partial charge in [0.1, 0.15) is 12.4 Å².